The van der Waals surface area contributed by atoms with Gasteiger partial charge in [-0.05, 0) is 31.4 Å². The van der Waals surface area contributed by atoms with Gasteiger partial charge in [0.2, 0.25) is 5.91 Å². The fourth-order valence-electron chi connectivity index (χ4n) is 2.06. The normalized spacial score (nSPS) is 10.5. The molecular weight excluding hydrogens is 252 g/mol. The molecule has 0 bridgehead atoms. The number of carbonyl (C=O) groups excluding carboxylic acids is 1. The number of benzene rings is 1. The Labute approximate surface area is 121 Å². The monoisotopic (exact) mass is 278 g/mol. The molecule has 4 nitrogen and oxygen atoms in total. The Bertz CT molecular complexity index is 368. The van der Waals surface area contributed by atoms with E-state index in [9.17, 15) is 4.79 Å². The fourth-order valence-corrected chi connectivity index (χ4v) is 2.06. The molecule has 1 rings (SSSR count). The zero-order chi connectivity index (χ0) is 14.6. The number of amides is 1. The van der Waals surface area contributed by atoms with Crippen LogP contribution in [-0.4, -0.2) is 37.6 Å². The number of hydrogen-bond acceptors (Lipinski definition) is 3. The molecule has 1 aromatic carbocycles. The number of rotatable bonds is 10. The Morgan fingerprint density at radius 3 is 2.60 bits per heavy atom. The van der Waals surface area contributed by atoms with E-state index in [1.807, 2.05) is 23.1 Å². The van der Waals surface area contributed by atoms with Crippen LogP contribution in [0.15, 0.2) is 30.3 Å². The second-order valence-corrected chi connectivity index (χ2v) is 4.89. The Kier molecular flexibility index (Phi) is 8.67. The van der Waals surface area contributed by atoms with Gasteiger partial charge in [-0.1, -0.05) is 30.3 Å². The summed E-state index contributed by atoms with van der Waals surface area (Å²) in [5.74, 6) is 0.191. The lowest BCUT2D eigenvalue weighted by atomic mass is 10.2. The van der Waals surface area contributed by atoms with Crippen molar-refractivity contribution in [2.75, 3.05) is 26.8 Å². The number of carbonyl (C=O) groups is 1. The molecule has 1 aromatic rings. The summed E-state index contributed by atoms with van der Waals surface area (Å²) in [6.45, 7) is 2.77. The quantitative estimate of drug-likeness (QED) is 0.667. The van der Waals surface area contributed by atoms with Gasteiger partial charge in [-0.25, -0.2) is 0 Å². The number of methoxy groups -OCH3 is 1. The van der Waals surface area contributed by atoms with Crippen LogP contribution in [-0.2, 0) is 16.1 Å². The highest BCUT2D eigenvalue weighted by Gasteiger charge is 2.13. The van der Waals surface area contributed by atoms with Crippen molar-refractivity contribution in [1.82, 2.24) is 4.90 Å². The van der Waals surface area contributed by atoms with Crippen LogP contribution in [0.2, 0.25) is 0 Å². The average Bonchev–Trinajstić information content (AvgIpc) is 2.49. The van der Waals surface area contributed by atoms with Crippen molar-refractivity contribution in [3.63, 3.8) is 0 Å². The molecule has 2 N–H and O–H groups in total. The van der Waals surface area contributed by atoms with Crippen molar-refractivity contribution in [2.45, 2.75) is 32.2 Å². The third-order valence-corrected chi connectivity index (χ3v) is 3.19. The lowest BCUT2D eigenvalue weighted by Gasteiger charge is -2.23. The third kappa shape index (κ3) is 6.68. The highest BCUT2D eigenvalue weighted by Crippen LogP contribution is 2.08. The number of unbranched alkanes of at least 4 members (excludes halogenated alkanes) is 1. The lowest BCUT2D eigenvalue weighted by molar-refractivity contribution is -0.132. The molecule has 4 heteroatoms. The Morgan fingerprint density at radius 2 is 1.95 bits per heavy atom. The number of hydrogen-bond donors (Lipinski definition) is 1. The van der Waals surface area contributed by atoms with Crippen LogP contribution in [0, 0.1) is 0 Å². The molecule has 0 unspecified atom stereocenters. The van der Waals surface area contributed by atoms with Gasteiger partial charge in [-0.2, -0.15) is 0 Å². The Morgan fingerprint density at radius 1 is 1.20 bits per heavy atom. The minimum Gasteiger partial charge on any atom is -0.385 e. The molecule has 0 radical (unpaired) electrons. The lowest BCUT2D eigenvalue weighted by Crippen LogP contribution is -2.31. The second-order valence-electron chi connectivity index (χ2n) is 4.89. The zero-order valence-electron chi connectivity index (χ0n) is 12.4. The summed E-state index contributed by atoms with van der Waals surface area (Å²) >= 11 is 0. The summed E-state index contributed by atoms with van der Waals surface area (Å²) in [5.41, 5.74) is 6.65. The van der Waals surface area contributed by atoms with E-state index in [0.717, 1.165) is 32.4 Å². The first kappa shape index (κ1) is 16.7. The van der Waals surface area contributed by atoms with Gasteiger partial charge in [0.05, 0.1) is 0 Å². The molecule has 0 fully saturated rings. The van der Waals surface area contributed by atoms with E-state index in [-0.39, 0.29) is 5.91 Å². The molecule has 0 saturated heterocycles. The van der Waals surface area contributed by atoms with Gasteiger partial charge < -0.3 is 15.4 Å². The van der Waals surface area contributed by atoms with E-state index in [2.05, 4.69) is 12.1 Å². The Balaban J connectivity index is 2.51. The largest absolute Gasteiger partial charge is 0.385 e. The minimum atomic E-state index is 0.191. The average molecular weight is 278 g/mol. The molecule has 20 heavy (non-hydrogen) atoms. The van der Waals surface area contributed by atoms with E-state index in [4.69, 9.17) is 10.5 Å². The minimum absolute atomic E-state index is 0.191. The van der Waals surface area contributed by atoms with Crippen molar-refractivity contribution in [3.05, 3.63) is 35.9 Å². The SMILES string of the molecule is COCCCCN(Cc1ccccc1)C(=O)CCCN. The summed E-state index contributed by atoms with van der Waals surface area (Å²) in [7, 11) is 1.70. The first-order valence-electron chi connectivity index (χ1n) is 7.28. The van der Waals surface area contributed by atoms with Crippen molar-refractivity contribution in [2.24, 2.45) is 5.73 Å². The molecule has 0 atom stereocenters. The predicted molar refractivity (Wildman–Crippen MR) is 81.3 cm³/mol. The molecule has 0 saturated carbocycles. The van der Waals surface area contributed by atoms with Crippen LogP contribution in [0.3, 0.4) is 0 Å². The molecule has 0 aliphatic rings. The molecule has 0 spiro atoms. The number of nitrogens with zero attached hydrogens (tertiary/aromatic N) is 1. The fraction of sp³-hybridized carbons (Fsp3) is 0.562. The molecule has 112 valence electrons. The highest BCUT2D eigenvalue weighted by atomic mass is 16.5. The van der Waals surface area contributed by atoms with Crippen LogP contribution < -0.4 is 5.73 Å². The van der Waals surface area contributed by atoms with E-state index in [0.29, 0.717) is 19.5 Å². The van der Waals surface area contributed by atoms with E-state index < -0.39 is 0 Å². The second kappa shape index (κ2) is 10.4. The van der Waals surface area contributed by atoms with Crippen LogP contribution in [0.1, 0.15) is 31.2 Å². The van der Waals surface area contributed by atoms with Crippen LogP contribution in [0.5, 0.6) is 0 Å². The first-order chi connectivity index (χ1) is 9.77. The van der Waals surface area contributed by atoms with Gasteiger partial charge in [-0.3, -0.25) is 4.79 Å². The van der Waals surface area contributed by atoms with E-state index in [1.165, 1.54) is 5.56 Å². The van der Waals surface area contributed by atoms with Crippen molar-refractivity contribution in [1.29, 1.82) is 0 Å². The van der Waals surface area contributed by atoms with Gasteiger partial charge in [-0.15, -0.1) is 0 Å². The van der Waals surface area contributed by atoms with Crippen molar-refractivity contribution in [3.8, 4) is 0 Å². The van der Waals surface area contributed by atoms with Gasteiger partial charge in [0.25, 0.3) is 0 Å². The van der Waals surface area contributed by atoms with Crippen LogP contribution >= 0.6 is 0 Å². The summed E-state index contributed by atoms with van der Waals surface area (Å²) < 4.78 is 5.05. The first-order valence-corrected chi connectivity index (χ1v) is 7.28. The van der Waals surface area contributed by atoms with Crippen LogP contribution in [0.25, 0.3) is 0 Å². The maximum atomic E-state index is 12.2. The topological polar surface area (TPSA) is 55.6 Å². The van der Waals surface area contributed by atoms with Crippen molar-refractivity contribution >= 4 is 5.91 Å². The molecule has 0 aromatic heterocycles. The summed E-state index contributed by atoms with van der Waals surface area (Å²) in [6, 6.07) is 10.1. The maximum Gasteiger partial charge on any atom is 0.222 e. The van der Waals surface area contributed by atoms with Gasteiger partial charge in [0.1, 0.15) is 0 Å². The zero-order valence-corrected chi connectivity index (χ0v) is 12.4. The van der Waals surface area contributed by atoms with Crippen molar-refractivity contribution < 1.29 is 9.53 Å². The van der Waals surface area contributed by atoms with E-state index in [1.54, 1.807) is 7.11 Å². The Hall–Kier alpha value is -1.39. The molecular formula is C16H26N2O2. The summed E-state index contributed by atoms with van der Waals surface area (Å²) in [5, 5.41) is 0. The smallest absolute Gasteiger partial charge is 0.222 e. The van der Waals surface area contributed by atoms with Gasteiger partial charge in [0.15, 0.2) is 0 Å². The highest BCUT2D eigenvalue weighted by molar-refractivity contribution is 5.76. The molecule has 0 aliphatic heterocycles. The number of nitrogens with two attached hydrogens (primary N) is 1. The third-order valence-electron chi connectivity index (χ3n) is 3.19. The number of ether oxygens (including phenoxy) is 1. The molecule has 1 amide bonds. The van der Waals surface area contributed by atoms with Crippen LogP contribution in [0.4, 0.5) is 0 Å². The summed E-state index contributed by atoms with van der Waals surface area (Å²) in [4.78, 5) is 14.1. The van der Waals surface area contributed by atoms with Gasteiger partial charge >= 0.3 is 0 Å². The molecule has 0 heterocycles. The van der Waals surface area contributed by atoms with Gasteiger partial charge in [0, 0.05) is 33.2 Å². The van der Waals surface area contributed by atoms with E-state index >= 15 is 0 Å². The maximum absolute atomic E-state index is 12.2. The molecule has 0 aliphatic carbocycles. The predicted octanol–water partition coefficient (Wildman–Crippen LogP) is 2.18. The standard InChI is InChI=1S/C16H26N2O2/c1-20-13-6-5-12-18(16(19)10-7-11-17)14-15-8-3-2-4-9-15/h2-4,8-9H,5-7,10-14,17H2,1H3. The summed E-state index contributed by atoms with van der Waals surface area (Å²) in [6.07, 6.45) is 3.23.